The Hall–Kier alpha value is -2.01. The molecular weight excluding hydrogens is 326 g/mol. The second kappa shape index (κ2) is 6.48. The van der Waals surface area contributed by atoms with Crippen molar-refractivity contribution < 1.29 is 9.32 Å². The minimum Gasteiger partial charge on any atom is -0.360 e. The largest absolute Gasteiger partial charge is 0.360 e. The van der Waals surface area contributed by atoms with Crippen LogP contribution in [0.1, 0.15) is 39.4 Å². The summed E-state index contributed by atoms with van der Waals surface area (Å²) < 4.78 is 5.32. The van der Waals surface area contributed by atoms with E-state index in [-0.39, 0.29) is 17.4 Å². The number of nitrogens with one attached hydrogen (secondary N) is 1. The van der Waals surface area contributed by atoms with Gasteiger partial charge in [-0.1, -0.05) is 37.5 Å². The summed E-state index contributed by atoms with van der Waals surface area (Å²) in [4.78, 5) is 14.8. The number of hydrogen-bond acceptors (Lipinski definition) is 4. The van der Waals surface area contributed by atoms with Crippen molar-refractivity contribution in [1.82, 2.24) is 5.16 Å². The summed E-state index contributed by atoms with van der Waals surface area (Å²) in [5.74, 6) is 1.16. The highest BCUT2D eigenvalue weighted by Gasteiger charge is 2.31. The van der Waals surface area contributed by atoms with Crippen molar-refractivity contribution in [2.24, 2.45) is 0 Å². The standard InChI is InChI=1S/C18H22ClN3O2/c1-18(2,3)15-11-16(21-24-15)20-17(23)14-5-4-10-22(14)13-8-6-12(19)7-9-13/h6-9,11,14H,4-5,10H2,1-3H3,(H,20,21,23)/t14-/m1/s1. The van der Waals surface area contributed by atoms with Gasteiger partial charge in [0.15, 0.2) is 5.82 Å². The van der Waals surface area contributed by atoms with E-state index in [0.717, 1.165) is 30.8 Å². The van der Waals surface area contributed by atoms with Crippen LogP contribution in [-0.2, 0) is 10.2 Å². The Morgan fingerprint density at radius 2 is 2.04 bits per heavy atom. The molecule has 0 aliphatic carbocycles. The van der Waals surface area contributed by atoms with Crippen LogP contribution >= 0.6 is 11.6 Å². The third-order valence-corrected chi connectivity index (χ3v) is 4.47. The highest BCUT2D eigenvalue weighted by molar-refractivity contribution is 6.30. The molecule has 0 radical (unpaired) electrons. The van der Waals surface area contributed by atoms with Gasteiger partial charge in [0.1, 0.15) is 11.8 Å². The van der Waals surface area contributed by atoms with Gasteiger partial charge in [-0.15, -0.1) is 0 Å². The lowest BCUT2D eigenvalue weighted by Gasteiger charge is -2.25. The lowest BCUT2D eigenvalue weighted by molar-refractivity contribution is -0.117. The third-order valence-electron chi connectivity index (χ3n) is 4.21. The molecule has 3 rings (SSSR count). The fourth-order valence-electron chi connectivity index (χ4n) is 2.88. The summed E-state index contributed by atoms with van der Waals surface area (Å²) in [6.45, 7) is 6.97. The van der Waals surface area contributed by atoms with Crippen molar-refractivity contribution in [1.29, 1.82) is 0 Å². The van der Waals surface area contributed by atoms with Gasteiger partial charge in [-0.25, -0.2) is 0 Å². The van der Waals surface area contributed by atoms with Gasteiger partial charge < -0.3 is 14.7 Å². The van der Waals surface area contributed by atoms with Crippen LogP contribution in [0.15, 0.2) is 34.9 Å². The monoisotopic (exact) mass is 347 g/mol. The number of aromatic nitrogens is 1. The Labute approximate surface area is 147 Å². The molecule has 128 valence electrons. The number of carbonyl (C=O) groups excluding carboxylic acids is 1. The number of nitrogens with zero attached hydrogens (tertiary/aromatic N) is 2. The summed E-state index contributed by atoms with van der Waals surface area (Å²) in [7, 11) is 0. The minimum absolute atomic E-state index is 0.0591. The van der Waals surface area contributed by atoms with Crippen LogP contribution in [0.2, 0.25) is 5.02 Å². The van der Waals surface area contributed by atoms with Gasteiger partial charge in [0, 0.05) is 28.7 Å². The zero-order valence-electron chi connectivity index (χ0n) is 14.2. The number of amides is 1. The molecule has 24 heavy (non-hydrogen) atoms. The predicted octanol–water partition coefficient (Wildman–Crippen LogP) is 4.23. The molecule has 5 nitrogen and oxygen atoms in total. The van der Waals surface area contributed by atoms with Gasteiger partial charge in [-0.05, 0) is 37.1 Å². The number of halogens is 1. The van der Waals surface area contributed by atoms with Crippen molar-refractivity contribution in [2.45, 2.75) is 45.1 Å². The lowest BCUT2D eigenvalue weighted by atomic mass is 9.93. The summed E-state index contributed by atoms with van der Waals surface area (Å²) in [6.07, 6.45) is 1.80. The Bertz CT molecular complexity index is 719. The molecule has 2 heterocycles. The average molecular weight is 348 g/mol. The van der Waals surface area contributed by atoms with Gasteiger partial charge >= 0.3 is 0 Å². The van der Waals surface area contributed by atoms with E-state index in [2.05, 4.69) is 15.4 Å². The predicted molar refractivity (Wildman–Crippen MR) is 95.7 cm³/mol. The molecule has 0 saturated carbocycles. The van der Waals surface area contributed by atoms with E-state index >= 15 is 0 Å². The first-order valence-corrected chi connectivity index (χ1v) is 8.53. The highest BCUT2D eigenvalue weighted by atomic mass is 35.5. The van der Waals surface area contributed by atoms with Crippen molar-refractivity contribution >= 4 is 29.0 Å². The molecule has 0 unspecified atom stereocenters. The second-order valence-electron chi connectivity index (χ2n) is 7.14. The number of rotatable bonds is 3. The van der Waals surface area contributed by atoms with Crippen molar-refractivity contribution in [3.05, 3.63) is 41.1 Å². The SMILES string of the molecule is CC(C)(C)c1cc(NC(=O)[C@H]2CCCN2c2ccc(Cl)cc2)no1. The van der Waals surface area contributed by atoms with Gasteiger partial charge in [-0.2, -0.15) is 0 Å². The summed E-state index contributed by atoms with van der Waals surface area (Å²) in [5, 5.41) is 7.53. The summed E-state index contributed by atoms with van der Waals surface area (Å²) >= 11 is 5.95. The zero-order chi connectivity index (χ0) is 17.3. The summed E-state index contributed by atoms with van der Waals surface area (Å²) in [6, 6.07) is 9.17. The molecule has 1 amide bonds. The molecule has 2 aromatic rings. The Morgan fingerprint density at radius 1 is 1.33 bits per heavy atom. The van der Waals surface area contributed by atoms with Gasteiger partial charge in [0.2, 0.25) is 5.91 Å². The number of benzene rings is 1. The summed E-state index contributed by atoms with van der Waals surface area (Å²) in [5.41, 5.74) is 0.867. The van der Waals surface area contributed by atoms with Gasteiger partial charge in [-0.3, -0.25) is 4.79 Å². The highest BCUT2D eigenvalue weighted by Crippen LogP contribution is 2.28. The van der Waals surface area contributed by atoms with Crippen molar-refractivity contribution in [3.8, 4) is 0 Å². The number of carbonyl (C=O) groups is 1. The maximum atomic E-state index is 12.7. The van der Waals surface area contributed by atoms with E-state index < -0.39 is 0 Å². The van der Waals surface area contributed by atoms with E-state index in [1.54, 1.807) is 6.07 Å². The van der Waals surface area contributed by atoms with Crippen LogP contribution in [0.3, 0.4) is 0 Å². The van der Waals surface area contributed by atoms with E-state index in [1.807, 2.05) is 45.0 Å². The maximum Gasteiger partial charge on any atom is 0.248 e. The molecule has 0 spiro atoms. The fourth-order valence-corrected chi connectivity index (χ4v) is 3.00. The van der Waals surface area contributed by atoms with Crippen LogP contribution in [0.4, 0.5) is 11.5 Å². The van der Waals surface area contributed by atoms with E-state index in [1.165, 1.54) is 0 Å². The molecule has 1 aromatic heterocycles. The first-order chi connectivity index (χ1) is 11.3. The molecule has 1 atom stereocenters. The fraction of sp³-hybridized carbons (Fsp3) is 0.444. The Kier molecular flexibility index (Phi) is 4.54. The Morgan fingerprint density at radius 3 is 2.67 bits per heavy atom. The molecular formula is C18H22ClN3O2. The van der Waals surface area contributed by atoms with Crippen LogP contribution in [0.5, 0.6) is 0 Å². The molecule has 1 saturated heterocycles. The first kappa shape index (κ1) is 16.8. The average Bonchev–Trinajstić information content (AvgIpc) is 3.16. The number of hydrogen-bond donors (Lipinski definition) is 1. The third kappa shape index (κ3) is 3.56. The van der Waals surface area contributed by atoms with E-state index in [0.29, 0.717) is 10.8 Å². The van der Waals surface area contributed by atoms with E-state index in [4.69, 9.17) is 16.1 Å². The molecule has 1 aliphatic heterocycles. The van der Waals surface area contributed by atoms with Crippen LogP contribution < -0.4 is 10.2 Å². The minimum atomic E-state index is -0.207. The molecule has 1 fully saturated rings. The van der Waals surface area contributed by atoms with Crippen LogP contribution in [0, 0.1) is 0 Å². The lowest BCUT2D eigenvalue weighted by Crippen LogP contribution is -2.39. The van der Waals surface area contributed by atoms with Crippen molar-refractivity contribution in [2.75, 3.05) is 16.8 Å². The Balaban J connectivity index is 1.72. The zero-order valence-corrected chi connectivity index (χ0v) is 14.9. The van der Waals surface area contributed by atoms with Gasteiger partial charge in [0.05, 0.1) is 0 Å². The van der Waals surface area contributed by atoms with Crippen molar-refractivity contribution in [3.63, 3.8) is 0 Å². The van der Waals surface area contributed by atoms with E-state index in [9.17, 15) is 4.79 Å². The number of anilines is 2. The smallest absolute Gasteiger partial charge is 0.248 e. The quantitative estimate of drug-likeness (QED) is 0.902. The molecule has 6 heteroatoms. The van der Waals surface area contributed by atoms with Crippen LogP contribution in [-0.4, -0.2) is 23.7 Å². The molecule has 1 aromatic carbocycles. The van der Waals surface area contributed by atoms with Crippen LogP contribution in [0.25, 0.3) is 0 Å². The first-order valence-electron chi connectivity index (χ1n) is 8.15. The van der Waals surface area contributed by atoms with Gasteiger partial charge in [0.25, 0.3) is 0 Å². The second-order valence-corrected chi connectivity index (χ2v) is 7.58. The molecule has 1 N–H and O–H groups in total. The maximum absolute atomic E-state index is 12.7. The molecule has 1 aliphatic rings. The molecule has 0 bridgehead atoms. The topological polar surface area (TPSA) is 58.4 Å². The normalized spacial score (nSPS) is 18.0.